The highest BCUT2D eigenvalue weighted by atomic mass is 16.5. The van der Waals surface area contributed by atoms with E-state index in [9.17, 15) is 5.11 Å². The summed E-state index contributed by atoms with van der Waals surface area (Å²) in [5.74, 6) is 1.00. The molecule has 3 heteroatoms. The zero-order chi connectivity index (χ0) is 11.1. The topological polar surface area (TPSA) is 49.7 Å². The first-order valence-electron chi connectivity index (χ1n) is 5.28. The Balaban J connectivity index is 2.34. The fourth-order valence-corrected chi connectivity index (χ4v) is 1.33. The van der Waals surface area contributed by atoms with Gasteiger partial charge in [0.25, 0.3) is 0 Å². The Morgan fingerprint density at radius 2 is 2.00 bits per heavy atom. The number of aliphatic hydroxyl groups is 1. The SMILES string of the molecule is Cc1c(O)cccc1OCCCCCO. The van der Waals surface area contributed by atoms with E-state index in [1.165, 1.54) is 0 Å². The molecule has 0 aliphatic rings. The summed E-state index contributed by atoms with van der Waals surface area (Å²) in [6.07, 6.45) is 2.71. The van der Waals surface area contributed by atoms with E-state index in [2.05, 4.69) is 0 Å². The van der Waals surface area contributed by atoms with Gasteiger partial charge in [-0.15, -0.1) is 0 Å². The number of aliphatic hydroxyl groups excluding tert-OH is 1. The van der Waals surface area contributed by atoms with Gasteiger partial charge in [-0.3, -0.25) is 0 Å². The maximum atomic E-state index is 9.43. The molecule has 0 aliphatic carbocycles. The van der Waals surface area contributed by atoms with Crippen molar-refractivity contribution in [2.75, 3.05) is 13.2 Å². The monoisotopic (exact) mass is 210 g/mol. The van der Waals surface area contributed by atoms with Gasteiger partial charge < -0.3 is 14.9 Å². The first-order valence-corrected chi connectivity index (χ1v) is 5.28. The largest absolute Gasteiger partial charge is 0.508 e. The Morgan fingerprint density at radius 3 is 2.73 bits per heavy atom. The summed E-state index contributed by atoms with van der Waals surface area (Å²) >= 11 is 0. The van der Waals surface area contributed by atoms with Crippen LogP contribution >= 0.6 is 0 Å². The van der Waals surface area contributed by atoms with Crippen molar-refractivity contribution in [2.24, 2.45) is 0 Å². The van der Waals surface area contributed by atoms with Crippen LogP contribution in [0.25, 0.3) is 0 Å². The number of ether oxygens (including phenoxy) is 1. The van der Waals surface area contributed by atoms with Crippen molar-refractivity contribution in [3.8, 4) is 11.5 Å². The quantitative estimate of drug-likeness (QED) is 0.708. The number of phenolic OH excluding ortho intramolecular Hbond substituents is 1. The van der Waals surface area contributed by atoms with E-state index in [0.29, 0.717) is 6.61 Å². The van der Waals surface area contributed by atoms with Crippen LogP contribution < -0.4 is 4.74 Å². The van der Waals surface area contributed by atoms with Crippen molar-refractivity contribution in [3.63, 3.8) is 0 Å². The number of unbranched alkanes of at least 4 members (excludes halogenated alkanes) is 2. The third-order valence-corrected chi connectivity index (χ3v) is 2.32. The van der Waals surface area contributed by atoms with Crippen LogP contribution in [0.15, 0.2) is 18.2 Å². The summed E-state index contributed by atoms with van der Waals surface area (Å²) in [6.45, 7) is 2.70. The van der Waals surface area contributed by atoms with E-state index in [-0.39, 0.29) is 12.4 Å². The molecule has 0 saturated heterocycles. The number of hydrogen-bond donors (Lipinski definition) is 2. The zero-order valence-electron chi connectivity index (χ0n) is 9.07. The molecule has 84 valence electrons. The van der Waals surface area contributed by atoms with Crippen molar-refractivity contribution < 1.29 is 14.9 Å². The molecule has 0 aliphatic heterocycles. The minimum Gasteiger partial charge on any atom is -0.508 e. The Labute approximate surface area is 90.3 Å². The molecule has 0 saturated carbocycles. The Hall–Kier alpha value is -1.22. The summed E-state index contributed by atoms with van der Waals surface area (Å²) in [5.41, 5.74) is 0.777. The molecule has 1 aromatic rings. The third-order valence-electron chi connectivity index (χ3n) is 2.32. The predicted octanol–water partition coefficient (Wildman–Crippen LogP) is 2.24. The van der Waals surface area contributed by atoms with Crippen LogP contribution in [0.2, 0.25) is 0 Å². The summed E-state index contributed by atoms with van der Waals surface area (Å²) in [5, 5.41) is 18.0. The molecule has 0 spiro atoms. The smallest absolute Gasteiger partial charge is 0.125 e. The predicted molar refractivity (Wildman–Crippen MR) is 59.3 cm³/mol. The molecule has 0 heterocycles. The molecule has 0 unspecified atom stereocenters. The van der Waals surface area contributed by atoms with Gasteiger partial charge in [0.1, 0.15) is 11.5 Å². The standard InChI is InChI=1S/C12H18O3/c1-10-11(14)6-5-7-12(10)15-9-4-2-3-8-13/h5-7,13-14H,2-4,8-9H2,1H3. The van der Waals surface area contributed by atoms with E-state index in [0.717, 1.165) is 30.6 Å². The number of phenols is 1. The van der Waals surface area contributed by atoms with Gasteiger partial charge in [0.05, 0.1) is 6.61 Å². The minimum atomic E-state index is 0.241. The van der Waals surface area contributed by atoms with Crippen molar-refractivity contribution in [3.05, 3.63) is 23.8 Å². The van der Waals surface area contributed by atoms with Crippen LogP contribution in [0, 0.1) is 6.92 Å². The first-order chi connectivity index (χ1) is 7.25. The van der Waals surface area contributed by atoms with Gasteiger partial charge in [-0.05, 0) is 38.3 Å². The minimum absolute atomic E-state index is 0.241. The lowest BCUT2D eigenvalue weighted by molar-refractivity contribution is 0.265. The molecule has 0 atom stereocenters. The molecule has 0 fully saturated rings. The molecular weight excluding hydrogens is 192 g/mol. The number of hydrogen-bond acceptors (Lipinski definition) is 3. The van der Waals surface area contributed by atoms with Crippen molar-refractivity contribution in [2.45, 2.75) is 26.2 Å². The summed E-state index contributed by atoms with van der Waals surface area (Å²) < 4.78 is 5.52. The first kappa shape index (κ1) is 11.9. The highest BCUT2D eigenvalue weighted by Gasteiger charge is 2.02. The Bertz CT molecular complexity index is 297. The van der Waals surface area contributed by atoms with E-state index in [1.807, 2.05) is 13.0 Å². The second-order valence-corrected chi connectivity index (χ2v) is 3.53. The lowest BCUT2D eigenvalue weighted by Gasteiger charge is -2.09. The van der Waals surface area contributed by atoms with E-state index < -0.39 is 0 Å². The van der Waals surface area contributed by atoms with Gasteiger partial charge >= 0.3 is 0 Å². The molecule has 0 aromatic heterocycles. The zero-order valence-corrected chi connectivity index (χ0v) is 9.07. The lowest BCUT2D eigenvalue weighted by atomic mass is 10.2. The van der Waals surface area contributed by atoms with Crippen LogP contribution in [-0.2, 0) is 0 Å². The maximum absolute atomic E-state index is 9.43. The summed E-state index contributed by atoms with van der Waals surface area (Å²) in [6, 6.07) is 5.26. The van der Waals surface area contributed by atoms with Gasteiger partial charge in [-0.25, -0.2) is 0 Å². The molecule has 3 nitrogen and oxygen atoms in total. The molecule has 2 N–H and O–H groups in total. The van der Waals surface area contributed by atoms with E-state index >= 15 is 0 Å². The molecule has 1 rings (SSSR count). The van der Waals surface area contributed by atoms with E-state index in [4.69, 9.17) is 9.84 Å². The van der Waals surface area contributed by atoms with Gasteiger partial charge in [-0.1, -0.05) is 6.07 Å². The van der Waals surface area contributed by atoms with Gasteiger partial charge in [0, 0.05) is 12.2 Å². The Morgan fingerprint density at radius 1 is 1.20 bits per heavy atom. The molecule has 0 radical (unpaired) electrons. The molecular formula is C12H18O3. The average Bonchev–Trinajstić information content (AvgIpc) is 2.24. The third kappa shape index (κ3) is 3.80. The number of rotatable bonds is 6. The second kappa shape index (κ2) is 6.30. The van der Waals surface area contributed by atoms with Crippen LogP contribution in [0.5, 0.6) is 11.5 Å². The van der Waals surface area contributed by atoms with Crippen LogP contribution in [0.1, 0.15) is 24.8 Å². The highest BCUT2D eigenvalue weighted by molar-refractivity contribution is 5.42. The summed E-state index contributed by atoms with van der Waals surface area (Å²) in [4.78, 5) is 0. The van der Waals surface area contributed by atoms with Crippen LogP contribution in [0.4, 0.5) is 0 Å². The van der Waals surface area contributed by atoms with Crippen LogP contribution in [0.3, 0.4) is 0 Å². The van der Waals surface area contributed by atoms with Crippen LogP contribution in [-0.4, -0.2) is 23.4 Å². The lowest BCUT2D eigenvalue weighted by Crippen LogP contribution is -1.99. The summed E-state index contributed by atoms with van der Waals surface area (Å²) in [7, 11) is 0. The fourth-order valence-electron chi connectivity index (χ4n) is 1.33. The van der Waals surface area contributed by atoms with Gasteiger partial charge in [0.2, 0.25) is 0 Å². The van der Waals surface area contributed by atoms with Gasteiger partial charge in [0.15, 0.2) is 0 Å². The number of benzene rings is 1. The van der Waals surface area contributed by atoms with Crippen molar-refractivity contribution >= 4 is 0 Å². The number of aromatic hydroxyl groups is 1. The molecule has 0 bridgehead atoms. The van der Waals surface area contributed by atoms with Crippen molar-refractivity contribution in [1.82, 2.24) is 0 Å². The maximum Gasteiger partial charge on any atom is 0.125 e. The average molecular weight is 210 g/mol. The fraction of sp³-hybridized carbons (Fsp3) is 0.500. The van der Waals surface area contributed by atoms with Crippen molar-refractivity contribution in [1.29, 1.82) is 0 Å². The molecule has 15 heavy (non-hydrogen) atoms. The van der Waals surface area contributed by atoms with E-state index in [1.54, 1.807) is 12.1 Å². The second-order valence-electron chi connectivity index (χ2n) is 3.53. The Kier molecular flexibility index (Phi) is 4.98. The van der Waals surface area contributed by atoms with Gasteiger partial charge in [-0.2, -0.15) is 0 Å². The normalized spacial score (nSPS) is 10.3. The molecule has 1 aromatic carbocycles. The molecule has 0 amide bonds. The highest BCUT2D eigenvalue weighted by Crippen LogP contribution is 2.25.